The number of rotatable bonds is 5. The standard InChI is InChI=1S/C48H30N2S/c1-3-11-32(12-4-1)38-16-9-10-17-39(38)37-25-27-43-42(29-37)46-40-18-8-7-13-33(40)23-26-41(46)47(49-43)34-21-19-31(20-22-34)36-24-28-44-45(30-36)51-48(50-44)35-14-5-2-6-15-35/h1-30H. The van der Waals surface area contributed by atoms with Gasteiger partial charge >= 0.3 is 0 Å². The molecule has 0 aliphatic rings. The summed E-state index contributed by atoms with van der Waals surface area (Å²) in [6.45, 7) is 0. The molecular formula is C48H30N2S. The monoisotopic (exact) mass is 666 g/mol. The maximum Gasteiger partial charge on any atom is 0.124 e. The van der Waals surface area contributed by atoms with Gasteiger partial charge in [0.05, 0.1) is 21.4 Å². The zero-order chi connectivity index (χ0) is 33.7. The van der Waals surface area contributed by atoms with Crippen molar-refractivity contribution in [2.45, 2.75) is 0 Å². The molecule has 238 valence electrons. The van der Waals surface area contributed by atoms with E-state index in [1.807, 2.05) is 6.07 Å². The molecule has 0 bridgehead atoms. The van der Waals surface area contributed by atoms with E-state index >= 15 is 0 Å². The van der Waals surface area contributed by atoms with Gasteiger partial charge in [0.2, 0.25) is 0 Å². The first kappa shape index (κ1) is 29.5. The topological polar surface area (TPSA) is 25.8 Å². The normalized spacial score (nSPS) is 11.5. The summed E-state index contributed by atoms with van der Waals surface area (Å²) >= 11 is 1.74. The van der Waals surface area contributed by atoms with Crippen LogP contribution in [0.1, 0.15) is 0 Å². The maximum absolute atomic E-state index is 5.36. The zero-order valence-corrected chi connectivity index (χ0v) is 28.4. The summed E-state index contributed by atoms with van der Waals surface area (Å²) in [6, 6.07) is 65.1. The van der Waals surface area contributed by atoms with Crippen molar-refractivity contribution in [3.63, 3.8) is 0 Å². The molecule has 51 heavy (non-hydrogen) atoms. The number of nitrogens with zero attached hydrogens (tertiary/aromatic N) is 2. The van der Waals surface area contributed by atoms with E-state index in [2.05, 4.69) is 176 Å². The van der Waals surface area contributed by atoms with Gasteiger partial charge in [0, 0.05) is 27.3 Å². The molecule has 0 spiro atoms. The second-order valence-corrected chi connectivity index (χ2v) is 14.0. The number of pyridine rings is 1. The molecule has 3 heteroatoms. The Bertz CT molecular complexity index is 2890. The second kappa shape index (κ2) is 12.2. The van der Waals surface area contributed by atoms with Crippen LogP contribution in [0.3, 0.4) is 0 Å². The van der Waals surface area contributed by atoms with Crippen molar-refractivity contribution in [1.29, 1.82) is 0 Å². The van der Waals surface area contributed by atoms with Crippen molar-refractivity contribution < 1.29 is 0 Å². The Morgan fingerprint density at radius 3 is 1.78 bits per heavy atom. The van der Waals surface area contributed by atoms with E-state index in [4.69, 9.17) is 9.97 Å². The minimum atomic E-state index is 0.990. The molecular weight excluding hydrogens is 637 g/mol. The van der Waals surface area contributed by atoms with Crippen LogP contribution in [0.4, 0.5) is 0 Å². The molecule has 0 radical (unpaired) electrons. The van der Waals surface area contributed by atoms with E-state index in [1.54, 1.807) is 11.3 Å². The highest BCUT2D eigenvalue weighted by molar-refractivity contribution is 7.21. The van der Waals surface area contributed by atoms with Gasteiger partial charge in [-0.05, 0) is 68.4 Å². The van der Waals surface area contributed by atoms with Gasteiger partial charge in [-0.15, -0.1) is 11.3 Å². The van der Waals surface area contributed by atoms with Gasteiger partial charge in [-0.25, -0.2) is 9.97 Å². The lowest BCUT2D eigenvalue weighted by Crippen LogP contribution is -1.92. The molecule has 2 aromatic heterocycles. The Labute approximate surface area is 300 Å². The summed E-state index contributed by atoms with van der Waals surface area (Å²) in [5.74, 6) is 0. The van der Waals surface area contributed by atoms with Crippen LogP contribution in [0, 0.1) is 0 Å². The summed E-state index contributed by atoms with van der Waals surface area (Å²) in [7, 11) is 0. The quantitative estimate of drug-likeness (QED) is 0.171. The van der Waals surface area contributed by atoms with Crippen LogP contribution in [-0.2, 0) is 0 Å². The molecule has 0 unspecified atom stereocenters. The molecule has 0 aliphatic carbocycles. The van der Waals surface area contributed by atoms with E-state index < -0.39 is 0 Å². The van der Waals surface area contributed by atoms with Gasteiger partial charge < -0.3 is 0 Å². The minimum Gasteiger partial charge on any atom is -0.247 e. The first-order valence-corrected chi connectivity index (χ1v) is 18.1. The van der Waals surface area contributed by atoms with Crippen LogP contribution >= 0.6 is 11.3 Å². The van der Waals surface area contributed by atoms with Crippen molar-refractivity contribution in [1.82, 2.24) is 9.97 Å². The van der Waals surface area contributed by atoms with Crippen molar-refractivity contribution in [3.05, 3.63) is 182 Å². The lowest BCUT2D eigenvalue weighted by atomic mass is 9.91. The van der Waals surface area contributed by atoms with Gasteiger partial charge in [0.1, 0.15) is 5.01 Å². The van der Waals surface area contributed by atoms with Crippen molar-refractivity contribution in [2.75, 3.05) is 0 Å². The number of hydrogen-bond acceptors (Lipinski definition) is 3. The van der Waals surface area contributed by atoms with Crippen molar-refractivity contribution in [3.8, 4) is 55.2 Å². The molecule has 0 fully saturated rings. The van der Waals surface area contributed by atoms with Crippen LogP contribution in [-0.4, -0.2) is 9.97 Å². The minimum absolute atomic E-state index is 0.990. The van der Waals surface area contributed by atoms with Crippen LogP contribution < -0.4 is 0 Å². The molecule has 0 saturated heterocycles. The second-order valence-electron chi connectivity index (χ2n) is 13.0. The highest BCUT2D eigenvalue weighted by atomic mass is 32.1. The Balaban J connectivity index is 1.10. The Kier molecular flexibility index (Phi) is 7.04. The molecule has 0 saturated carbocycles. The first-order valence-electron chi connectivity index (χ1n) is 17.2. The number of hydrogen-bond donors (Lipinski definition) is 0. The van der Waals surface area contributed by atoms with Gasteiger partial charge in [-0.3, -0.25) is 0 Å². The molecule has 0 atom stereocenters. The predicted molar refractivity (Wildman–Crippen MR) is 217 cm³/mol. The average Bonchev–Trinajstić information content (AvgIpc) is 3.65. The molecule has 2 heterocycles. The lowest BCUT2D eigenvalue weighted by molar-refractivity contribution is 1.43. The predicted octanol–water partition coefficient (Wildman–Crippen LogP) is 13.5. The zero-order valence-electron chi connectivity index (χ0n) is 27.6. The molecule has 10 aromatic rings. The molecule has 0 N–H and O–H groups in total. The highest BCUT2D eigenvalue weighted by Gasteiger charge is 2.16. The van der Waals surface area contributed by atoms with Gasteiger partial charge in [0.25, 0.3) is 0 Å². The lowest BCUT2D eigenvalue weighted by Gasteiger charge is -2.15. The van der Waals surface area contributed by atoms with E-state index in [0.717, 1.165) is 43.6 Å². The van der Waals surface area contributed by atoms with Crippen molar-refractivity contribution >= 4 is 54.0 Å². The molecule has 10 rings (SSSR count). The van der Waals surface area contributed by atoms with Crippen LogP contribution in [0.25, 0.3) is 97.9 Å². The Morgan fingerprint density at radius 2 is 0.980 bits per heavy atom. The Morgan fingerprint density at radius 1 is 0.353 bits per heavy atom. The summed E-state index contributed by atoms with van der Waals surface area (Å²) in [4.78, 5) is 10.3. The SMILES string of the molecule is c1ccc(-c2nc3ccc(-c4ccc(-c5nc6ccc(-c7ccccc7-c7ccccc7)cc6c6c5ccc5ccccc56)cc4)cc3s2)cc1. The van der Waals surface area contributed by atoms with E-state index in [-0.39, 0.29) is 0 Å². The fourth-order valence-corrected chi connectivity index (χ4v) is 8.40. The van der Waals surface area contributed by atoms with Gasteiger partial charge in [-0.1, -0.05) is 158 Å². The first-order chi connectivity index (χ1) is 25.3. The summed E-state index contributed by atoms with van der Waals surface area (Å²) in [5.41, 5.74) is 12.5. The van der Waals surface area contributed by atoms with Crippen LogP contribution in [0.5, 0.6) is 0 Å². The van der Waals surface area contributed by atoms with E-state index in [1.165, 1.54) is 54.2 Å². The third-order valence-corrected chi connectivity index (χ3v) is 11.0. The average molecular weight is 667 g/mol. The highest BCUT2D eigenvalue weighted by Crippen LogP contribution is 2.41. The third-order valence-electron chi connectivity index (χ3n) is 9.91. The molecule has 8 aromatic carbocycles. The third kappa shape index (κ3) is 5.18. The van der Waals surface area contributed by atoms with Gasteiger partial charge in [0.15, 0.2) is 0 Å². The summed E-state index contributed by atoms with van der Waals surface area (Å²) < 4.78 is 1.19. The summed E-state index contributed by atoms with van der Waals surface area (Å²) in [6.07, 6.45) is 0. The molecule has 0 aliphatic heterocycles. The van der Waals surface area contributed by atoms with E-state index in [9.17, 15) is 0 Å². The fraction of sp³-hybridized carbons (Fsp3) is 0. The van der Waals surface area contributed by atoms with Crippen LogP contribution in [0.15, 0.2) is 182 Å². The molecule has 0 amide bonds. The van der Waals surface area contributed by atoms with E-state index in [0.29, 0.717) is 0 Å². The summed E-state index contributed by atoms with van der Waals surface area (Å²) in [5, 5.41) is 7.06. The van der Waals surface area contributed by atoms with Crippen molar-refractivity contribution in [2.24, 2.45) is 0 Å². The molecule has 2 nitrogen and oxygen atoms in total. The van der Waals surface area contributed by atoms with Gasteiger partial charge in [-0.2, -0.15) is 0 Å². The number of fused-ring (bicyclic) bond motifs is 6. The number of benzene rings is 8. The largest absolute Gasteiger partial charge is 0.247 e. The van der Waals surface area contributed by atoms with Crippen LogP contribution in [0.2, 0.25) is 0 Å². The smallest absolute Gasteiger partial charge is 0.124 e. The maximum atomic E-state index is 5.36. The number of aromatic nitrogens is 2. The number of thiazole rings is 1. The fourth-order valence-electron chi connectivity index (χ4n) is 7.39. The Hall–Kier alpha value is -6.42.